The Hall–Kier alpha value is -2.14. The third kappa shape index (κ3) is 2.65. The van der Waals surface area contributed by atoms with E-state index in [-0.39, 0.29) is 17.8 Å². The fourth-order valence-corrected chi connectivity index (χ4v) is 3.45. The summed E-state index contributed by atoms with van der Waals surface area (Å²) in [7, 11) is 0. The van der Waals surface area contributed by atoms with Crippen LogP contribution in [0.1, 0.15) is 24.8 Å². The molecule has 1 aromatic heterocycles. The van der Waals surface area contributed by atoms with Gasteiger partial charge in [-0.1, -0.05) is 6.08 Å². The molecule has 23 heavy (non-hydrogen) atoms. The van der Waals surface area contributed by atoms with Crippen LogP contribution in [0.5, 0.6) is 0 Å². The van der Waals surface area contributed by atoms with E-state index in [4.69, 9.17) is 4.74 Å². The number of benzene rings is 1. The van der Waals surface area contributed by atoms with Crippen LogP contribution in [-0.4, -0.2) is 41.6 Å². The van der Waals surface area contributed by atoms with Crippen molar-refractivity contribution in [2.75, 3.05) is 19.7 Å². The van der Waals surface area contributed by atoms with Gasteiger partial charge >= 0.3 is 0 Å². The Bertz CT molecular complexity index is 774. The van der Waals surface area contributed by atoms with Gasteiger partial charge in [-0.05, 0) is 43.0 Å². The van der Waals surface area contributed by atoms with E-state index in [1.54, 1.807) is 12.1 Å². The van der Waals surface area contributed by atoms with Crippen LogP contribution in [0.4, 0.5) is 4.39 Å². The minimum absolute atomic E-state index is 0.0998. The van der Waals surface area contributed by atoms with Crippen molar-refractivity contribution in [1.82, 2.24) is 9.88 Å². The van der Waals surface area contributed by atoms with Crippen LogP contribution >= 0.6 is 0 Å². The molecule has 1 saturated heterocycles. The quantitative estimate of drug-likeness (QED) is 0.926. The molecule has 1 unspecified atom stereocenters. The first kappa shape index (κ1) is 14.5. The highest BCUT2D eigenvalue weighted by Gasteiger charge is 2.29. The van der Waals surface area contributed by atoms with E-state index in [0.717, 1.165) is 35.7 Å². The average Bonchev–Trinajstić information content (AvgIpc) is 3.24. The Morgan fingerprint density at radius 1 is 1.39 bits per heavy atom. The second-order valence-corrected chi connectivity index (χ2v) is 6.16. The molecule has 1 aromatic carbocycles. The predicted octanol–water partition coefficient (Wildman–Crippen LogP) is 3.10. The number of aromatic amines is 1. The number of nitrogens with zero attached hydrogens (tertiary/aromatic N) is 1. The fourth-order valence-electron chi connectivity index (χ4n) is 3.45. The number of nitrogens with one attached hydrogen (secondary N) is 1. The van der Waals surface area contributed by atoms with Crippen molar-refractivity contribution in [2.45, 2.75) is 25.4 Å². The zero-order chi connectivity index (χ0) is 15.8. The van der Waals surface area contributed by atoms with Gasteiger partial charge in [0, 0.05) is 42.4 Å². The molecule has 2 aliphatic heterocycles. The number of carbonyl (C=O) groups excluding carboxylic acids is 1. The molecule has 4 nitrogen and oxygen atoms in total. The minimum atomic E-state index is -0.257. The summed E-state index contributed by atoms with van der Waals surface area (Å²) in [6.45, 7) is 1.97. The number of carbonyl (C=O) groups is 1. The number of fused-ring (bicyclic) bond motifs is 1. The zero-order valence-corrected chi connectivity index (χ0v) is 12.8. The summed E-state index contributed by atoms with van der Waals surface area (Å²) in [5.74, 6) is -0.132. The lowest BCUT2D eigenvalue weighted by molar-refractivity contribution is -0.140. The molecule has 1 fully saturated rings. The third-order valence-electron chi connectivity index (χ3n) is 4.72. The van der Waals surface area contributed by atoms with Crippen molar-refractivity contribution in [3.8, 4) is 0 Å². The molecule has 0 spiro atoms. The van der Waals surface area contributed by atoms with Crippen molar-refractivity contribution in [3.63, 3.8) is 0 Å². The van der Waals surface area contributed by atoms with Crippen LogP contribution < -0.4 is 0 Å². The number of aromatic nitrogens is 1. The van der Waals surface area contributed by atoms with Gasteiger partial charge in [-0.25, -0.2) is 4.39 Å². The normalized spacial score (nSPS) is 21.7. The first-order chi connectivity index (χ1) is 11.2. The summed E-state index contributed by atoms with van der Waals surface area (Å²) in [5, 5.41) is 0.898. The van der Waals surface area contributed by atoms with Gasteiger partial charge in [0.2, 0.25) is 0 Å². The van der Waals surface area contributed by atoms with Crippen LogP contribution in [0, 0.1) is 5.82 Å². The summed E-state index contributed by atoms with van der Waals surface area (Å²) >= 11 is 0. The Balaban J connectivity index is 1.54. The Labute approximate surface area is 133 Å². The largest absolute Gasteiger partial charge is 0.368 e. The molecule has 4 rings (SSSR count). The maximum absolute atomic E-state index is 13.5. The maximum Gasteiger partial charge on any atom is 0.251 e. The van der Waals surface area contributed by atoms with Crippen LogP contribution in [0.3, 0.4) is 0 Å². The molecule has 0 radical (unpaired) electrons. The number of amides is 1. The van der Waals surface area contributed by atoms with Gasteiger partial charge in [-0.15, -0.1) is 0 Å². The lowest BCUT2D eigenvalue weighted by Crippen LogP contribution is -2.41. The molecule has 2 aliphatic rings. The summed E-state index contributed by atoms with van der Waals surface area (Å²) in [6, 6.07) is 4.77. The standard InChI is InChI=1S/C18H19FN2O2/c19-13-3-4-16-14(10-13)15(11-20-16)12-5-7-21(8-6-12)18(22)17-2-1-9-23-17/h3-5,10-11,17,20H,1-2,6-9H2. The second kappa shape index (κ2) is 5.81. The molecule has 3 heterocycles. The molecule has 0 saturated carbocycles. The number of hydrogen-bond acceptors (Lipinski definition) is 2. The Morgan fingerprint density at radius 3 is 3.04 bits per heavy atom. The maximum atomic E-state index is 13.5. The van der Waals surface area contributed by atoms with E-state index < -0.39 is 0 Å². The summed E-state index contributed by atoms with van der Waals surface area (Å²) in [4.78, 5) is 17.4. The highest BCUT2D eigenvalue weighted by Crippen LogP contribution is 2.30. The van der Waals surface area contributed by atoms with E-state index >= 15 is 0 Å². The topological polar surface area (TPSA) is 45.3 Å². The van der Waals surface area contributed by atoms with Gasteiger partial charge in [-0.3, -0.25) is 4.79 Å². The van der Waals surface area contributed by atoms with Gasteiger partial charge in [0.1, 0.15) is 11.9 Å². The molecule has 1 atom stereocenters. The lowest BCUT2D eigenvalue weighted by Gasteiger charge is -2.28. The molecule has 0 bridgehead atoms. The van der Waals surface area contributed by atoms with E-state index in [1.807, 2.05) is 11.1 Å². The molecule has 2 aromatic rings. The van der Waals surface area contributed by atoms with Gasteiger partial charge < -0.3 is 14.6 Å². The SMILES string of the molecule is O=C(C1CCCO1)N1CC=C(c2c[nH]c3ccc(F)cc23)CC1. The minimum Gasteiger partial charge on any atom is -0.368 e. The van der Waals surface area contributed by atoms with E-state index in [0.29, 0.717) is 19.7 Å². The second-order valence-electron chi connectivity index (χ2n) is 6.16. The van der Waals surface area contributed by atoms with E-state index in [9.17, 15) is 9.18 Å². The average molecular weight is 314 g/mol. The van der Waals surface area contributed by atoms with Gasteiger partial charge in [0.25, 0.3) is 5.91 Å². The predicted molar refractivity (Wildman–Crippen MR) is 86.4 cm³/mol. The first-order valence-electron chi connectivity index (χ1n) is 8.09. The molecule has 1 N–H and O–H groups in total. The fraction of sp³-hybridized carbons (Fsp3) is 0.389. The Morgan fingerprint density at radius 2 is 2.30 bits per heavy atom. The number of hydrogen-bond donors (Lipinski definition) is 1. The number of ether oxygens (including phenoxy) is 1. The Kier molecular flexibility index (Phi) is 3.65. The monoisotopic (exact) mass is 314 g/mol. The number of H-pyrrole nitrogens is 1. The van der Waals surface area contributed by atoms with Crippen molar-refractivity contribution < 1.29 is 13.9 Å². The van der Waals surface area contributed by atoms with E-state index in [2.05, 4.69) is 11.1 Å². The molecule has 5 heteroatoms. The van der Waals surface area contributed by atoms with Crippen molar-refractivity contribution in [2.24, 2.45) is 0 Å². The zero-order valence-electron chi connectivity index (χ0n) is 12.8. The molecule has 0 aliphatic carbocycles. The first-order valence-corrected chi connectivity index (χ1v) is 8.09. The van der Waals surface area contributed by atoms with Crippen molar-refractivity contribution >= 4 is 22.4 Å². The highest BCUT2D eigenvalue weighted by molar-refractivity contribution is 5.93. The number of rotatable bonds is 2. The third-order valence-corrected chi connectivity index (χ3v) is 4.72. The lowest BCUT2D eigenvalue weighted by atomic mass is 9.98. The molecular weight excluding hydrogens is 295 g/mol. The summed E-state index contributed by atoms with van der Waals surface area (Å²) in [5.41, 5.74) is 3.13. The van der Waals surface area contributed by atoms with Crippen molar-refractivity contribution in [1.29, 1.82) is 0 Å². The van der Waals surface area contributed by atoms with Gasteiger partial charge in [0.05, 0.1) is 0 Å². The smallest absolute Gasteiger partial charge is 0.251 e. The van der Waals surface area contributed by atoms with Crippen LogP contribution in [0.2, 0.25) is 0 Å². The summed E-state index contributed by atoms with van der Waals surface area (Å²) in [6.07, 6.45) is 6.31. The molecule has 120 valence electrons. The highest BCUT2D eigenvalue weighted by atomic mass is 19.1. The van der Waals surface area contributed by atoms with Gasteiger partial charge in [0.15, 0.2) is 0 Å². The van der Waals surface area contributed by atoms with E-state index in [1.165, 1.54) is 11.6 Å². The van der Waals surface area contributed by atoms with Crippen LogP contribution in [0.25, 0.3) is 16.5 Å². The molecular formula is C18H19FN2O2. The van der Waals surface area contributed by atoms with Gasteiger partial charge in [-0.2, -0.15) is 0 Å². The van der Waals surface area contributed by atoms with Crippen molar-refractivity contribution in [3.05, 3.63) is 41.9 Å². The van der Waals surface area contributed by atoms with Crippen LogP contribution in [-0.2, 0) is 9.53 Å². The van der Waals surface area contributed by atoms with Crippen LogP contribution in [0.15, 0.2) is 30.5 Å². The molecule has 1 amide bonds. The summed E-state index contributed by atoms with van der Waals surface area (Å²) < 4.78 is 19.0. The number of halogens is 1.